The number of hydrogen-bond donors (Lipinski definition) is 2. The highest BCUT2D eigenvalue weighted by atomic mass is 32.2. The van der Waals surface area contributed by atoms with Gasteiger partial charge in [0.05, 0.1) is 26.7 Å². The van der Waals surface area contributed by atoms with Crippen molar-refractivity contribution in [2.45, 2.75) is 25.2 Å². The number of ether oxygens (including phenoxy) is 3. The van der Waals surface area contributed by atoms with Gasteiger partial charge in [-0.15, -0.1) is 0 Å². The van der Waals surface area contributed by atoms with Crippen LogP contribution in [-0.4, -0.2) is 41.3 Å². The molecule has 8 nitrogen and oxygen atoms in total. The van der Waals surface area contributed by atoms with Crippen LogP contribution in [0.15, 0.2) is 47.4 Å². The van der Waals surface area contributed by atoms with Crippen LogP contribution >= 0.6 is 0 Å². The van der Waals surface area contributed by atoms with E-state index in [4.69, 9.17) is 14.2 Å². The number of nitrogens with one attached hydrogen (secondary N) is 2. The summed E-state index contributed by atoms with van der Waals surface area (Å²) in [5.41, 5.74) is 0.723. The highest BCUT2D eigenvalue weighted by Gasteiger charge is 2.21. The maximum atomic E-state index is 12.9. The lowest BCUT2D eigenvalue weighted by molar-refractivity contribution is -0.117. The Bertz CT molecular complexity index is 913. The Morgan fingerprint density at radius 1 is 1.00 bits per heavy atom. The highest BCUT2D eigenvalue weighted by Crippen LogP contribution is 2.29. The van der Waals surface area contributed by atoms with Crippen LogP contribution in [-0.2, 0) is 19.6 Å². The summed E-state index contributed by atoms with van der Waals surface area (Å²) in [6, 6.07) is 11.0. The number of benzene rings is 2. The Kier molecular flexibility index (Phi) is 8.29. The van der Waals surface area contributed by atoms with Crippen LogP contribution in [0.25, 0.3) is 0 Å². The Hall–Kier alpha value is -2.78. The molecule has 0 atom stereocenters. The largest absolute Gasteiger partial charge is 0.495 e. The molecule has 0 fully saturated rings. The van der Waals surface area contributed by atoms with E-state index in [1.165, 1.54) is 19.2 Å². The number of amides is 1. The molecule has 2 aromatic rings. The predicted octanol–water partition coefficient (Wildman–Crippen LogP) is 3.26. The van der Waals surface area contributed by atoms with Crippen molar-refractivity contribution >= 4 is 27.3 Å². The van der Waals surface area contributed by atoms with Gasteiger partial charge in [0, 0.05) is 18.0 Å². The van der Waals surface area contributed by atoms with Crippen LogP contribution in [0, 0.1) is 0 Å². The first-order valence-corrected chi connectivity index (χ1v) is 10.7. The van der Waals surface area contributed by atoms with Crippen LogP contribution in [0.4, 0.5) is 11.4 Å². The monoisotopic (exact) mass is 422 g/mol. The summed E-state index contributed by atoms with van der Waals surface area (Å²) < 4.78 is 44.0. The van der Waals surface area contributed by atoms with Gasteiger partial charge < -0.3 is 19.5 Å². The molecular weight excluding hydrogens is 396 g/mol. The Balaban J connectivity index is 2.20. The summed E-state index contributed by atoms with van der Waals surface area (Å²) in [4.78, 5) is 11.9. The Morgan fingerprint density at radius 3 is 2.31 bits per heavy atom. The lowest BCUT2D eigenvalue weighted by atomic mass is 10.3. The molecular formula is C20H26N2O6S. The molecule has 29 heavy (non-hydrogen) atoms. The number of carbonyl (C=O) groups is 1. The molecule has 0 spiro atoms. The van der Waals surface area contributed by atoms with Crippen molar-refractivity contribution in [2.75, 3.05) is 37.0 Å². The van der Waals surface area contributed by atoms with E-state index in [0.29, 0.717) is 36.9 Å². The average Bonchev–Trinajstić information content (AvgIpc) is 2.69. The second-order valence-corrected chi connectivity index (χ2v) is 7.57. The van der Waals surface area contributed by atoms with Crippen molar-refractivity contribution in [3.05, 3.63) is 42.5 Å². The SMILES string of the molecule is CCOCCC(=O)Nc1ccc(OC)c(S(=O)(=O)Nc2ccc(OCC)cc2)c1. The van der Waals surface area contributed by atoms with Crippen molar-refractivity contribution in [1.29, 1.82) is 0 Å². The van der Waals surface area contributed by atoms with Crippen molar-refractivity contribution < 1.29 is 27.4 Å². The fraction of sp³-hybridized carbons (Fsp3) is 0.350. The molecule has 1 amide bonds. The van der Waals surface area contributed by atoms with E-state index in [0.717, 1.165) is 0 Å². The van der Waals surface area contributed by atoms with E-state index in [1.807, 2.05) is 13.8 Å². The molecule has 0 heterocycles. The van der Waals surface area contributed by atoms with E-state index >= 15 is 0 Å². The maximum absolute atomic E-state index is 12.9. The molecule has 0 saturated carbocycles. The third-order valence-electron chi connectivity index (χ3n) is 3.83. The standard InChI is InChI=1S/C20H26N2O6S/c1-4-27-13-12-20(23)21-16-8-11-18(26-3)19(14-16)29(24,25)22-15-6-9-17(10-7-15)28-5-2/h6-11,14,22H,4-5,12-13H2,1-3H3,(H,21,23). The number of carbonyl (C=O) groups excluding carboxylic acids is 1. The molecule has 0 aliphatic rings. The van der Waals surface area contributed by atoms with E-state index in [1.54, 1.807) is 30.3 Å². The van der Waals surface area contributed by atoms with Crippen LogP contribution in [0.1, 0.15) is 20.3 Å². The minimum absolute atomic E-state index is 0.0866. The maximum Gasteiger partial charge on any atom is 0.265 e. The number of methoxy groups -OCH3 is 1. The van der Waals surface area contributed by atoms with Crippen molar-refractivity contribution in [1.82, 2.24) is 0 Å². The van der Waals surface area contributed by atoms with Gasteiger partial charge in [0.25, 0.3) is 10.0 Å². The first-order chi connectivity index (χ1) is 13.9. The van der Waals surface area contributed by atoms with Crippen molar-refractivity contribution in [3.63, 3.8) is 0 Å². The third-order valence-corrected chi connectivity index (χ3v) is 5.23. The van der Waals surface area contributed by atoms with Gasteiger partial charge in [-0.05, 0) is 56.3 Å². The summed E-state index contributed by atoms with van der Waals surface area (Å²) >= 11 is 0. The number of rotatable bonds is 11. The Morgan fingerprint density at radius 2 is 1.69 bits per heavy atom. The number of anilines is 2. The average molecular weight is 423 g/mol. The minimum Gasteiger partial charge on any atom is -0.495 e. The van der Waals surface area contributed by atoms with E-state index in [9.17, 15) is 13.2 Å². The second-order valence-electron chi connectivity index (χ2n) is 5.92. The summed E-state index contributed by atoms with van der Waals surface area (Å²) in [6.07, 6.45) is 0.173. The summed E-state index contributed by atoms with van der Waals surface area (Å²) in [6.45, 7) is 5.05. The lowest BCUT2D eigenvalue weighted by Gasteiger charge is -2.14. The van der Waals surface area contributed by atoms with Gasteiger partial charge in [0.1, 0.15) is 16.4 Å². The molecule has 0 saturated heterocycles. The minimum atomic E-state index is -3.95. The normalized spacial score (nSPS) is 11.0. The first kappa shape index (κ1) is 22.5. The van der Waals surface area contributed by atoms with E-state index in [2.05, 4.69) is 10.0 Å². The molecule has 0 aromatic heterocycles. The first-order valence-electron chi connectivity index (χ1n) is 9.21. The van der Waals surface area contributed by atoms with Gasteiger partial charge in [0.15, 0.2) is 0 Å². The van der Waals surface area contributed by atoms with Crippen molar-refractivity contribution in [2.24, 2.45) is 0 Å². The molecule has 9 heteroatoms. The molecule has 0 bridgehead atoms. The van der Waals surface area contributed by atoms with Crippen molar-refractivity contribution in [3.8, 4) is 11.5 Å². The van der Waals surface area contributed by atoms with Crippen LogP contribution in [0.2, 0.25) is 0 Å². The molecule has 0 radical (unpaired) electrons. The quantitative estimate of drug-likeness (QED) is 0.539. The smallest absolute Gasteiger partial charge is 0.265 e. The fourth-order valence-electron chi connectivity index (χ4n) is 2.49. The Labute approximate surface area is 171 Å². The zero-order valence-corrected chi connectivity index (χ0v) is 17.5. The predicted molar refractivity (Wildman–Crippen MR) is 111 cm³/mol. The fourth-order valence-corrected chi connectivity index (χ4v) is 3.75. The van der Waals surface area contributed by atoms with Gasteiger partial charge in [-0.1, -0.05) is 0 Å². The molecule has 0 unspecified atom stereocenters. The summed E-state index contributed by atoms with van der Waals surface area (Å²) in [5.74, 6) is 0.534. The van der Waals surface area contributed by atoms with Crippen LogP contribution in [0.3, 0.4) is 0 Å². The van der Waals surface area contributed by atoms with E-state index < -0.39 is 10.0 Å². The van der Waals surface area contributed by atoms with Crippen LogP contribution in [0.5, 0.6) is 11.5 Å². The van der Waals surface area contributed by atoms with E-state index in [-0.39, 0.29) is 23.0 Å². The zero-order valence-electron chi connectivity index (χ0n) is 16.7. The topological polar surface area (TPSA) is 103 Å². The number of hydrogen-bond acceptors (Lipinski definition) is 6. The molecule has 158 valence electrons. The van der Waals surface area contributed by atoms with Gasteiger partial charge in [0.2, 0.25) is 5.91 Å². The summed E-state index contributed by atoms with van der Waals surface area (Å²) in [7, 11) is -2.57. The summed E-state index contributed by atoms with van der Waals surface area (Å²) in [5, 5.41) is 2.67. The second kappa shape index (κ2) is 10.7. The lowest BCUT2D eigenvalue weighted by Crippen LogP contribution is -2.17. The van der Waals surface area contributed by atoms with Gasteiger partial charge in [-0.2, -0.15) is 0 Å². The zero-order chi connectivity index (χ0) is 21.3. The molecule has 2 N–H and O–H groups in total. The molecule has 0 aliphatic heterocycles. The highest BCUT2D eigenvalue weighted by molar-refractivity contribution is 7.92. The molecule has 0 aliphatic carbocycles. The molecule has 2 aromatic carbocycles. The third kappa shape index (κ3) is 6.65. The number of sulfonamides is 1. The van der Waals surface area contributed by atoms with Gasteiger partial charge in [-0.25, -0.2) is 8.42 Å². The molecule has 2 rings (SSSR count). The van der Waals surface area contributed by atoms with Gasteiger partial charge >= 0.3 is 0 Å². The van der Waals surface area contributed by atoms with Crippen LogP contribution < -0.4 is 19.5 Å². The van der Waals surface area contributed by atoms with Gasteiger partial charge in [-0.3, -0.25) is 9.52 Å².